The molecular weight excluding hydrogens is 234 g/mol. The lowest BCUT2D eigenvalue weighted by Crippen LogP contribution is -2.42. The van der Waals surface area contributed by atoms with Crippen molar-refractivity contribution in [3.8, 4) is 0 Å². The van der Waals surface area contributed by atoms with E-state index < -0.39 is 0 Å². The van der Waals surface area contributed by atoms with Gasteiger partial charge in [-0.05, 0) is 24.8 Å². The zero-order valence-corrected chi connectivity index (χ0v) is 10.8. The summed E-state index contributed by atoms with van der Waals surface area (Å²) in [6, 6.07) is 0. The Morgan fingerprint density at radius 1 is 1.59 bits per heavy atom. The van der Waals surface area contributed by atoms with Crippen molar-refractivity contribution in [3.05, 3.63) is 16.6 Å². The van der Waals surface area contributed by atoms with Crippen LogP contribution in [0.5, 0.6) is 0 Å². The summed E-state index contributed by atoms with van der Waals surface area (Å²) in [6.07, 6.45) is 6.61. The minimum absolute atomic E-state index is 0.102. The van der Waals surface area contributed by atoms with Crippen molar-refractivity contribution in [2.45, 2.75) is 32.1 Å². The Hall–Kier alpha value is -0.940. The van der Waals surface area contributed by atoms with Gasteiger partial charge in [0.2, 0.25) is 5.91 Å². The molecule has 0 atom stereocenters. The van der Waals surface area contributed by atoms with Crippen LogP contribution in [-0.2, 0) is 11.2 Å². The summed E-state index contributed by atoms with van der Waals surface area (Å²) in [5.41, 5.74) is 5.84. The van der Waals surface area contributed by atoms with Crippen LogP contribution in [0.4, 0.5) is 0 Å². The molecule has 0 aliphatic heterocycles. The molecule has 4 nitrogen and oxygen atoms in total. The Morgan fingerprint density at radius 3 is 2.94 bits per heavy atom. The SMILES string of the molecule is NCC1(CC(=O)NCCc2nccs2)CCC1. The van der Waals surface area contributed by atoms with Crippen LogP contribution in [0, 0.1) is 5.41 Å². The van der Waals surface area contributed by atoms with Gasteiger partial charge in [-0.2, -0.15) is 0 Å². The number of rotatable bonds is 6. The number of nitrogens with two attached hydrogens (primary N) is 1. The van der Waals surface area contributed by atoms with Gasteiger partial charge in [0.05, 0.1) is 5.01 Å². The van der Waals surface area contributed by atoms with E-state index in [-0.39, 0.29) is 11.3 Å². The fourth-order valence-electron chi connectivity index (χ4n) is 2.22. The first kappa shape index (κ1) is 12.5. The Kier molecular flexibility index (Phi) is 4.12. The molecule has 1 fully saturated rings. The Bertz CT molecular complexity index is 354. The van der Waals surface area contributed by atoms with E-state index >= 15 is 0 Å². The average Bonchev–Trinajstić information content (AvgIpc) is 2.76. The van der Waals surface area contributed by atoms with Crippen LogP contribution >= 0.6 is 11.3 Å². The van der Waals surface area contributed by atoms with Crippen LogP contribution in [0.25, 0.3) is 0 Å². The normalized spacial score (nSPS) is 17.5. The van der Waals surface area contributed by atoms with Gasteiger partial charge in [0.25, 0.3) is 0 Å². The Morgan fingerprint density at radius 2 is 2.41 bits per heavy atom. The van der Waals surface area contributed by atoms with Gasteiger partial charge in [0, 0.05) is 31.0 Å². The topological polar surface area (TPSA) is 68.0 Å². The highest BCUT2D eigenvalue weighted by Crippen LogP contribution is 2.42. The van der Waals surface area contributed by atoms with E-state index in [4.69, 9.17) is 5.73 Å². The highest BCUT2D eigenvalue weighted by molar-refractivity contribution is 7.09. The Balaban J connectivity index is 1.67. The first-order valence-electron chi connectivity index (χ1n) is 6.09. The van der Waals surface area contributed by atoms with Crippen molar-refractivity contribution >= 4 is 17.2 Å². The van der Waals surface area contributed by atoms with Crippen LogP contribution < -0.4 is 11.1 Å². The van der Waals surface area contributed by atoms with Crippen LogP contribution in [0.3, 0.4) is 0 Å². The quantitative estimate of drug-likeness (QED) is 0.803. The number of aromatic nitrogens is 1. The van der Waals surface area contributed by atoms with Gasteiger partial charge in [-0.15, -0.1) is 11.3 Å². The second kappa shape index (κ2) is 5.60. The number of carbonyl (C=O) groups excluding carboxylic acids is 1. The van der Waals surface area contributed by atoms with Crippen molar-refractivity contribution in [2.24, 2.45) is 11.1 Å². The summed E-state index contributed by atoms with van der Waals surface area (Å²) in [5.74, 6) is 0.131. The molecule has 1 heterocycles. The number of hydrogen-bond acceptors (Lipinski definition) is 4. The highest BCUT2D eigenvalue weighted by atomic mass is 32.1. The highest BCUT2D eigenvalue weighted by Gasteiger charge is 2.37. The fourth-order valence-corrected chi connectivity index (χ4v) is 2.84. The van der Waals surface area contributed by atoms with Crippen molar-refractivity contribution in [1.82, 2.24) is 10.3 Å². The summed E-state index contributed by atoms with van der Waals surface area (Å²) in [7, 11) is 0. The average molecular weight is 253 g/mol. The smallest absolute Gasteiger partial charge is 0.220 e. The number of nitrogens with one attached hydrogen (secondary N) is 1. The maximum Gasteiger partial charge on any atom is 0.220 e. The van der Waals surface area contributed by atoms with Crippen molar-refractivity contribution in [1.29, 1.82) is 0 Å². The molecule has 0 bridgehead atoms. The molecule has 0 spiro atoms. The standard InChI is InChI=1S/C12H19N3OS/c13-9-12(3-1-4-12)8-10(16)14-5-2-11-15-6-7-17-11/h6-7H,1-5,8-9,13H2,(H,14,16). The van der Waals surface area contributed by atoms with Crippen molar-refractivity contribution < 1.29 is 4.79 Å². The maximum atomic E-state index is 11.8. The molecule has 2 rings (SSSR count). The molecule has 5 heteroatoms. The fraction of sp³-hybridized carbons (Fsp3) is 0.667. The molecule has 0 aromatic carbocycles. The van der Waals surface area contributed by atoms with Gasteiger partial charge in [-0.1, -0.05) is 6.42 Å². The monoisotopic (exact) mass is 253 g/mol. The molecule has 1 aromatic rings. The molecule has 0 radical (unpaired) electrons. The lowest BCUT2D eigenvalue weighted by Gasteiger charge is -2.40. The summed E-state index contributed by atoms with van der Waals surface area (Å²) in [6.45, 7) is 1.31. The Labute approximate surface area is 106 Å². The van der Waals surface area contributed by atoms with Gasteiger partial charge in [0.15, 0.2) is 0 Å². The van der Waals surface area contributed by atoms with E-state index in [0.29, 0.717) is 19.5 Å². The zero-order valence-electron chi connectivity index (χ0n) is 9.95. The number of nitrogens with zero attached hydrogens (tertiary/aromatic N) is 1. The minimum Gasteiger partial charge on any atom is -0.356 e. The largest absolute Gasteiger partial charge is 0.356 e. The van der Waals surface area contributed by atoms with Crippen LogP contribution in [0.1, 0.15) is 30.7 Å². The summed E-state index contributed by atoms with van der Waals surface area (Å²) >= 11 is 1.63. The van der Waals surface area contributed by atoms with Gasteiger partial charge in [-0.25, -0.2) is 4.98 Å². The van der Waals surface area contributed by atoms with Crippen molar-refractivity contribution in [2.75, 3.05) is 13.1 Å². The predicted octanol–water partition coefficient (Wildman–Crippen LogP) is 1.32. The second-order valence-corrected chi connectivity index (χ2v) is 5.74. The van der Waals surface area contributed by atoms with Crippen LogP contribution in [-0.4, -0.2) is 24.0 Å². The van der Waals surface area contributed by atoms with E-state index in [0.717, 1.165) is 24.3 Å². The number of amides is 1. The molecule has 0 unspecified atom stereocenters. The van der Waals surface area contributed by atoms with Gasteiger partial charge in [0.1, 0.15) is 0 Å². The van der Waals surface area contributed by atoms with Gasteiger partial charge < -0.3 is 11.1 Å². The maximum absolute atomic E-state index is 11.8. The summed E-state index contributed by atoms with van der Waals surface area (Å²) in [4.78, 5) is 15.9. The molecule has 3 N–H and O–H groups in total. The van der Waals surface area contributed by atoms with Crippen LogP contribution in [0.15, 0.2) is 11.6 Å². The molecule has 0 saturated heterocycles. The molecule has 1 aromatic heterocycles. The third kappa shape index (κ3) is 3.26. The first-order valence-corrected chi connectivity index (χ1v) is 6.97. The molecular formula is C12H19N3OS. The molecule has 17 heavy (non-hydrogen) atoms. The summed E-state index contributed by atoms with van der Waals surface area (Å²) < 4.78 is 0. The van der Waals surface area contributed by atoms with E-state index in [9.17, 15) is 4.79 Å². The number of carbonyl (C=O) groups is 1. The first-order chi connectivity index (χ1) is 8.24. The lowest BCUT2D eigenvalue weighted by molar-refractivity contribution is -0.124. The van der Waals surface area contributed by atoms with E-state index in [1.54, 1.807) is 17.5 Å². The molecule has 1 amide bonds. The third-order valence-corrected chi connectivity index (χ3v) is 4.37. The molecule has 94 valence electrons. The summed E-state index contributed by atoms with van der Waals surface area (Å²) in [5, 5.41) is 5.98. The lowest BCUT2D eigenvalue weighted by atomic mass is 9.66. The zero-order chi connectivity index (χ0) is 12.1. The van der Waals surface area contributed by atoms with E-state index in [1.807, 2.05) is 5.38 Å². The number of hydrogen-bond donors (Lipinski definition) is 2. The predicted molar refractivity (Wildman–Crippen MR) is 68.8 cm³/mol. The van der Waals surface area contributed by atoms with Gasteiger partial charge >= 0.3 is 0 Å². The molecule has 1 saturated carbocycles. The minimum atomic E-state index is 0.102. The molecule has 1 aliphatic rings. The van der Waals surface area contributed by atoms with Crippen molar-refractivity contribution in [3.63, 3.8) is 0 Å². The number of thiazole rings is 1. The van der Waals surface area contributed by atoms with Gasteiger partial charge in [-0.3, -0.25) is 4.79 Å². The second-order valence-electron chi connectivity index (χ2n) is 4.76. The van der Waals surface area contributed by atoms with Crippen LogP contribution in [0.2, 0.25) is 0 Å². The molecule has 1 aliphatic carbocycles. The van der Waals surface area contributed by atoms with E-state index in [1.165, 1.54) is 6.42 Å². The third-order valence-electron chi connectivity index (χ3n) is 3.53. The van der Waals surface area contributed by atoms with E-state index in [2.05, 4.69) is 10.3 Å².